The first-order valence-corrected chi connectivity index (χ1v) is 7.41. The Balaban J connectivity index is 2.46. The van der Waals surface area contributed by atoms with Gasteiger partial charge in [-0.1, -0.05) is 0 Å². The van der Waals surface area contributed by atoms with Gasteiger partial charge in [0.05, 0.1) is 5.75 Å². The summed E-state index contributed by atoms with van der Waals surface area (Å²) in [5.74, 6) is 0.0369. The molecule has 1 heterocycles. The normalized spacial score (nSPS) is 19.6. The minimum Gasteiger partial charge on any atom is -0.354 e. The van der Waals surface area contributed by atoms with E-state index in [2.05, 4.69) is 5.32 Å². The van der Waals surface area contributed by atoms with Crippen molar-refractivity contribution in [2.75, 3.05) is 24.7 Å². The molecule has 0 aromatic carbocycles. The average molecular weight is 269 g/mol. The molecule has 0 aliphatic carbocycles. The number of amides is 1. The van der Waals surface area contributed by atoms with Crippen LogP contribution in [0.1, 0.15) is 19.8 Å². The minimum absolute atomic E-state index is 0.0145. The van der Waals surface area contributed by atoms with Gasteiger partial charge >= 0.3 is 0 Å². The molecule has 1 saturated heterocycles. The molecule has 1 amide bonds. The second-order valence-corrected chi connectivity index (χ2v) is 6.35. The first-order chi connectivity index (χ1) is 7.45. The molecule has 1 rings (SSSR count). The summed E-state index contributed by atoms with van der Waals surface area (Å²) in [5, 5.41) is 2.80. The van der Waals surface area contributed by atoms with Crippen LogP contribution in [0.4, 0.5) is 0 Å². The van der Waals surface area contributed by atoms with Crippen LogP contribution in [0.5, 0.6) is 0 Å². The van der Waals surface area contributed by atoms with Gasteiger partial charge in [-0.2, -0.15) is 0 Å². The molecule has 0 atom stereocenters. The smallest absolute Gasteiger partial charge is 0.217 e. The fourth-order valence-corrected chi connectivity index (χ4v) is 3.60. The molecular weight excluding hydrogens is 252 g/mol. The first kappa shape index (κ1) is 13.7. The largest absolute Gasteiger partial charge is 0.354 e. The van der Waals surface area contributed by atoms with E-state index in [0.717, 1.165) is 0 Å². The number of sulfonamides is 1. The maximum absolute atomic E-state index is 11.7. The summed E-state index contributed by atoms with van der Waals surface area (Å²) in [6.07, 6.45) is 1.34. The Morgan fingerprint density at radius 3 is 2.44 bits per heavy atom. The van der Waals surface area contributed by atoms with Gasteiger partial charge in [0.15, 0.2) is 0 Å². The maximum Gasteiger partial charge on any atom is 0.217 e. The second kappa shape index (κ2) is 5.84. The number of carbonyl (C=O) groups excluding carboxylic acids is 1. The molecule has 0 bridgehead atoms. The number of nitrogens with zero attached hydrogens (tertiary/aromatic N) is 1. The van der Waals surface area contributed by atoms with Crippen LogP contribution in [0.3, 0.4) is 0 Å². The van der Waals surface area contributed by atoms with Crippen molar-refractivity contribution in [3.8, 4) is 0 Å². The molecule has 0 saturated carbocycles. The molecule has 16 heavy (non-hydrogen) atoms. The number of alkyl halides is 1. The van der Waals surface area contributed by atoms with E-state index in [4.69, 9.17) is 11.6 Å². The molecule has 0 aromatic heterocycles. The lowest BCUT2D eigenvalue weighted by Gasteiger charge is -2.31. The van der Waals surface area contributed by atoms with Gasteiger partial charge in [-0.3, -0.25) is 4.79 Å². The van der Waals surface area contributed by atoms with Crippen LogP contribution in [0.15, 0.2) is 0 Å². The van der Waals surface area contributed by atoms with Crippen LogP contribution >= 0.6 is 11.6 Å². The summed E-state index contributed by atoms with van der Waals surface area (Å²) in [5.41, 5.74) is 0. The highest BCUT2D eigenvalue weighted by Gasteiger charge is 2.27. The summed E-state index contributed by atoms with van der Waals surface area (Å²) in [4.78, 5) is 10.8. The van der Waals surface area contributed by atoms with E-state index >= 15 is 0 Å². The number of hydrogen-bond donors (Lipinski definition) is 1. The monoisotopic (exact) mass is 268 g/mol. The van der Waals surface area contributed by atoms with Crippen molar-refractivity contribution in [3.05, 3.63) is 0 Å². The highest BCUT2D eigenvalue weighted by molar-refractivity contribution is 7.89. The van der Waals surface area contributed by atoms with Crippen molar-refractivity contribution < 1.29 is 13.2 Å². The van der Waals surface area contributed by atoms with Crippen LogP contribution in [-0.2, 0) is 14.8 Å². The zero-order valence-electron chi connectivity index (χ0n) is 9.28. The Kier molecular flexibility index (Phi) is 5.01. The topological polar surface area (TPSA) is 66.5 Å². The average Bonchev–Trinajstić information content (AvgIpc) is 2.17. The lowest BCUT2D eigenvalue weighted by molar-refractivity contribution is -0.119. The molecule has 0 aromatic rings. The Morgan fingerprint density at radius 1 is 1.44 bits per heavy atom. The van der Waals surface area contributed by atoms with Gasteiger partial charge in [0.1, 0.15) is 0 Å². The third kappa shape index (κ3) is 3.92. The van der Waals surface area contributed by atoms with Crippen LogP contribution in [0, 0.1) is 0 Å². The number of hydrogen-bond acceptors (Lipinski definition) is 3. The van der Waals surface area contributed by atoms with Gasteiger partial charge in [-0.15, -0.1) is 11.6 Å². The van der Waals surface area contributed by atoms with Gasteiger partial charge in [0.2, 0.25) is 15.9 Å². The van der Waals surface area contributed by atoms with Crippen LogP contribution in [0.25, 0.3) is 0 Å². The fraction of sp³-hybridized carbons (Fsp3) is 0.889. The zero-order chi connectivity index (χ0) is 12.2. The Bertz CT molecular complexity index is 337. The van der Waals surface area contributed by atoms with E-state index in [1.807, 2.05) is 0 Å². The summed E-state index contributed by atoms with van der Waals surface area (Å²) in [6, 6.07) is 0.0972. The number of nitrogens with one attached hydrogen (secondary N) is 1. The lowest BCUT2D eigenvalue weighted by Crippen LogP contribution is -2.46. The Hall–Kier alpha value is -0.330. The highest BCUT2D eigenvalue weighted by atomic mass is 35.5. The van der Waals surface area contributed by atoms with Crippen molar-refractivity contribution in [1.82, 2.24) is 9.62 Å². The maximum atomic E-state index is 11.7. The van der Waals surface area contributed by atoms with Gasteiger partial charge in [0.25, 0.3) is 0 Å². The molecule has 1 aliphatic heterocycles. The first-order valence-electron chi connectivity index (χ1n) is 5.26. The van der Waals surface area contributed by atoms with Gasteiger partial charge in [0, 0.05) is 31.9 Å². The van der Waals surface area contributed by atoms with E-state index in [0.29, 0.717) is 25.9 Å². The van der Waals surface area contributed by atoms with E-state index < -0.39 is 10.0 Å². The van der Waals surface area contributed by atoms with E-state index in [1.165, 1.54) is 11.2 Å². The summed E-state index contributed by atoms with van der Waals surface area (Å²) in [7, 11) is -3.20. The quantitative estimate of drug-likeness (QED) is 0.739. The van der Waals surface area contributed by atoms with Gasteiger partial charge in [-0.25, -0.2) is 12.7 Å². The molecule has 0 unspecified atom stereocenters. The second-order valence-electron chi connectivity index (χ2n) is 3.88. The molecular formula is C9H17ClN2O3S. The van der Waals surface area contributed by atoms with E-state index in [9.17, 15) is 13.2 Å². The minimum atomic E-state index is -3.20. The third-order valence-corrected chi connectivity index (χ3v) is 4.87. The van der Waals surface area contributed by atoms with Gasteiger partial charge < -0.3 is 5.32 Å². The van der Waals surface area contributed by atoms with Crippen molar-refractivity contribution in [2.45, 2.75) is 25.8 Å². The Morgan fingerprint density at radius 2 is 2.00 bits per heavy atom. The fourth-order valence-electron chi connectivity index (χ4n) is 1.79. The predicted molar refractivity (Wildman–Crippen MR) is 62.9 cm³/mol. The summed E-state index contributed by atoms with van der Waals surface area (Å²) < 4.78 is 24.8. The van der Waals surface area contributed by atoms with Crippen molar-refractivity contribution >= 4 is 27.5 Å². The Labute approximate surface area is 101 Å². The number of piperidine rings is 1. The predicted octanol–water partition coefficient (Wildman–Crippen LogP) is 0.156. The highest BCUT2D eigenvalue weighted by Crippen LogP contribution is 2.14. The van der Waals surface area contributed by atoms with Crippen molar-refractivity contribution in [2.24, 2.45) is 0 Å². The van der Waals surface area contributed by atoms with Crippen LogP contribution < -0.4 is 5.32 Å². The lowest BCUT2D eigenvalue weighted by atomic mass is 10.1. The zero-order valence-corrected chi connectivity index (χ0v) is 10.9. The molecule has 0 radical (unpaired) electrons. The van der Waals surface area contributed by atoms with Gasteiger partial charge in [-0.05, 0) is 12.8 Å². The third-order valence-electron chi connectivity index (χ3n) is 2.59. The van der Waals surface area contributed by atoms with Crippen LogP contribution in [0.2, 0.25) is 0 Å². The number of halogens is 1. The van der Waals surface area contributed by atoms with Crippen LogP contribution in [-0.4, -0.2) is 49.4 Å². The van der Waals surface area contributed by atoms with E-state index in [-0.39, 0.29) is 23.6 Å². The standard InChI is InChI=1S/C9H17ClN2O3S/c1-8(13)11-9-2-5-12(6-3-9)16(14,15)7-4-10/h9H,2-7H2,1H3,(H,11,13). The van der Waals surface area contributed by atoms with Crippen molar-refractivity contribution in [3.63, 3.8) is 0 Å². The summed E-state index contributed by atoms with van der Waals surface area (Å²) in [6.45, 7) is 2.39. The number of rotatable bonds is 4. The number of carbonyl (C=O) groups is 1. The SMILES string of the molecule is CC(=O)NC1CCN(S(=O)(=O)CCCl)CC1. The molecule has 1 aliphatic rings. The van der Waals surface area contributed by atoms with E-state index in [1.54, 1.807) is 0 Å². The molecule has 5 nitrogen and oxygen atoms in total. The van der Waals surface area contributed by atoms with Crippen molar-refractivity contribution in [1.29, 1.82) is 0 Å². The summed E-state index contributed by atoms with van der Waals surface area (Å²) >= 11 is 5.44. The molecule has 94 valence electrons. The molecule has 0 spiro atoms. The molecule has 7 heteroatoms. The molecule has 1 N–H and O–H groups in total. The molecule has 1 fully saturated rings.